The van der Waals surface area contributed by atoms with Crippen molar-refractivity contribution in [3.63, 3.8) is 0 Å². The van der Waals surface area contributed by atoms with E-state index in [-0.39, 0.29) is 35.4 Å². The average molecular weight is 522 g/mol. The van der Waals surface area contributed by atoms with Crippen LogP contribution in [0.4, 0.5) is 0 Å². The van der Waals surface area contributed by atoms with Gasteiger partial charge in [0, 0.05) is 30.7 Å². The first-order valence-corrected chi connectivity index (χ1v) is 13.3. The van der Waals surface area contributed by atoms with Gasteiger partial charge in [-0.3, -0.25) is 4.79 Å². The van der Waals surface area contributed by atoms with E-state index in [0.717, 1.165) is 22.1 Å². The largest absolute Gasteiger partial charge is 0.465 e. The number of rotatable bonds is 6. The number of carbonyl (C=O) groups is 2. The number of fused-ring (bicyclic) bond motifs is 1. The summed E-state index contributed by atoms with van der Waals surface area (Å²) in [5.41, 5.74) is 9.77. The molecule has 1 aliphatic heterocycles. The second-order valence-corrected chi connectivity index (χ2v) is 11.0. The molecule has 3 N–H and O–H groups in total. The molecule has 0 saturated carbocycles. The highest BCUT2D eigenvalue weighted by Crippen LogP contribution is 2.38. The number of primary amides is 1. The Morgan fingerprint density at radius 3 is 2.41 bits per heavy atom. The summed E-state index contributed by atoms with van der Waals surface area (Å²) in [6.45, 7) is 2.10. The molecule has 9 nitrogen and oxygen atoms in total. The lowest BCUT2D eigenvalue weighted by molar-refractivity contribution is 0.0598. The summed E-state index contributed by atoms with van der Waals surface area (Å²) in [5, 5.41) is 0.635. The number of hydrogen-bond donors (Lipinski definition) is 2. The molecule has 1 saturated heterocycles. The number of aromatic amines is 1. The number of piperidine rings is 1. The number of furan rings is 1. The van der Waals surface area contributed by atoms with Crippen LogP contribution in [0, 0.1) is 6.92 Å². The molecule has 1 aliphatic rings. The first kappa shape index (κ1) is 24.8. The van der Waals surface area contributed by atoms with Gasteiger partial charge in [-0.1, -0.05) is 30.3 Å². The van der Waals surface area contributed by atoms with E-state index in [1.165, 1.54) is 24.4 Å². The van der Waals surface area contributed by atoms with Crippen LogP contribution in [0.5, 0.6) is 0 Å². The number of H-pyrrole nitrogens is 1. The topological polar surface area (TPSA) is 136 Å². The quantitative estimate of drug-likeness (QED) is 0.365. The molecule has 0 unspecified atom stereocenters. The zero-order valence-corrected chi connectivity index (χ0v) is 21.3. The summed E-state index contributed by atoms with van der Waals surface area (Å²) in [4.78, 5) is 27.4. The number of sulfonamides is 1. The van der Waals surface area contributed by atoms with Gasteiger partial charge in [0.1, 0.15) is 11.3 Å². The minimum Gasteiger partial charge on any atom is -0.465 e. The zero-order chi connectivity index (χ0) is 26.3. The Balaban J connectivity index is 1.42. The van der Waals surface area contributed by atoms with Crippen LogP contribution in [0.25, 0.3) is 22.0 Å². The summed E-state index contributed by atoms with van der Waals surface area (Å²) < 4.78 is 37.9. The van der Waals surface area contributed by atoms with Crippen molar-refractivity contribution in [2.24, 2.45) is 5.73 Å². The van der Waals surface area contributed by atoms with E-state index in [1.807, 2.05) is 42.6 Å². The van der Waals surface area contributed by atoms with Crippen molar-refractivity contribution < 1.29 is 27.2 Å². The number of methoxy groups -OCH3 is 1. The van der Waals surface area contributed by atoms with E-state index in [9.17, 15) is 18.0 Å². The fourth-order valence-corrected chi connectivity index (χ4v) is 6.45. The lowest BCUT2D eigenvalue weighted by Crippen LogP contribution is -2.37. The number of nitrogens with one attached hydrogen (secondary N) is 1. The van der Waals surface area contributed by atoms with Crippen molar-refractivity contribution in [3.8, 4) is 11.1 Å². The summed E-state index contributed by atoms with van der Waals surface area (Å²) in [6, 6.07) is 14.8. The zero-order valence-electron chi connectivity index (χ0n) is 20.5. The van der Waals surface area contributed by atoms with Crippen LogP contribution in [0.3, 0.4) is 0 Å². The molecule has 2 aromatic carbocycles. The van der Waals surface area contributed by atoms with Crippen LogP contribution in [-0.2, 0) is 14.8 Å². The number of benzene rings is 2. The summed E-state index contributed by atoms with van der Waals surface area (Å²) >= 11 is 0. The Morgan fingerprint density at radius 2 is 1.76 bits per heavy atom. The molecule has 4 aromatic rings. The molecule has 0 bridgehead atoms. The molecule has 37 heavy (non-hydrogen) atoms. The maximum atomic E-state index is 13.2. The number of nitrogens with two attached hydrogens (primary N) is 1. The molecule has 3 heterocycles. The van der Waals surface area contributed by atoms with Crippen LogP contribution >= 0.6 is 0 Å². The molecule has 5 rings (SSSR count). The minimum atomic E-state index is -3.91. The summed E-state index contributed by atoms with van der Waals surface area (Å²) in [7, 11) is -2.68. The molecule has 0 spiro atoms. The molecule has 1 amide bonds. The van der Waals surface area contributed by atoms with Gasteiger partial charge in [0.25, 0.3) is 15.9 Å². The maximum Gasteiger partial charge on any atom is 0.341 e. The van der Waals surface area contributed by atoms with E-state index in [0.29, 0.717) is 23.9 Å². The lowest BCUT2D eigenvalue weighted by atomic mass is 9.88. The molecule has 192 valence electrons. The average Bonchev–Trinajstić information content (AvgIpc) is 3.52. The second-order valence-electron chi connectivity index (χ2n) is 9.13. The number of carbonyl (C=O) groups excluding carboxylic acids is 2. The number of esters is 1. The first-order chi connectivity index (χ1) is 17.7. The van der Waals surface area contributed by atoms with Gasteiger partial charge in [-0.25, -0.2) is 13.2 Å². The van der Waals surface area contributed by atoms with E-state index in [1.54, 1.807) is 6.07 Å². The van der Waals surface area contributed by atoms with Gasteiger partial charge in [-0.2, -0.15) is 4.31 Å². The predicted molar refractivity (Wildman–Crippen MR) is 138 cm³/mol. The van der Waals surface area contributed by atoms with Gasteiger partial charge < -0.3 is 19.9 Å². The minimum absolute atomic E-state index is 0.0796. The first-order valence-electron chi connectivity index (χ1n) is 11.9. The molecule has 0 aliphatic carbocycles. The lowest BCUT2D eigenvalue weighted by Gasteiger charge is -2.30. The van der Waals surface area contributed by atoms with Crippen molar-refractivity contribution >= 4 is 32.8 Å². The molecular weight excluding hydrogens is 494 g/mol. The highest BCUT2D eigenvalue weighted by atomic mass is 32.2. The van der Waals surface area contributed by atoms with E-state index >= 15 is 0 Å². The van der Waals surface area contributed by atoms with Gasteiger partial charge in [0.05, 0.1) is 18.2 Å². The highest BCUT2D eigenvalue weighted by Gasteiger charge is 2.34. The summed E-state index contributed by atoms with van der Waals surface area (Å²) in [6.07, 6.45) is 3.05. The smallest absolute Gasteiger partial charge is 0.341 e. The standard InChI is InChI=1S/C27H27N3O6S/c1-16-20(27(32)35-2)14-24(36-16)37(33,34)30-10-8-18(9-11-30)23-15-29-25-21(23)12-19(13-22(25)26(28)31)17-6-4-3-5-7-17/h3-7,12-15,18,29H,8-11H2,1-2H3,(H2,28,31). The third kappa shape index (κ3) is 4.42. The van der Waals surface area contributed by atoms with Crippen LogP contribution in [0.15, 0.2) is 64.2 Å². The van der Waals surface area contributed by atoms with Crippen molar-refractivity contribution in [2.75, 3.05) is 20.2 Å². The number of nitrogens with zero attached hydrogens (tertiary/aromatic N) is 1. The number of amides is 1. The van der Waals surface area contributed by atoms with Gasteiger partial charge >= 0.3 is 5.97 Å². The van der Waals surface area contributed by atoms with Crippen LogP contribution in [0.2, 0.25) is 0 Å². The van der Waals surface area contributed by atoms with Gasteiger partial charge in [0.2, 0.25) is 5.09 Å². The van der Waals surface area contributed by atoms with Crippen molar-refractivity contribution in [1.29, 1.82) is 0 Å². The van der Waals surface area contributed by atoms with Crippen LogP contribution in [-0.4, -0.2) is 49.8 Å². The van der Waals surface area contributed by atoms with E-state index < -0.39 is 21.9 Å². The Labute approximate surface area is 214 Å². The predicted octanol–water partition coefficient (Wildman–Crippen LogP) is 4.19. The van der Waals surface area contributed by atoms with Gasteiger partial charge in [-0.15, -0.1) is 0 Å². The summed E-state index contributed by atoms with van der Waals surface area (Å²) in [5.74, 6) is -0.891. The fourth-order valence-electron chi connectivity index (χ4n) is 5.01. The maximum absolute atomic E-state index is 13.2. The van der Waals surface area contributed by atoms with Crippen molar-refractivity contribution in [2.45, 2.75) is 30.8 Å². The SMILES string of the molecule is COC(=O)c1cc(S(=O)(=O)N2CCC(c3c[nH]c4c(C(N)=O)cc(-c5ccccc5)cc34)CC2)oc1C. The van der Waals surface area contributed by atoms with Crippen LogP contribution in [0.1, 0.15) is 50.8 Å². The van der Waals surface area contributed by atoms with Gasteiger partial charge in [-0.05, 0) is 54.5 Å². The monoisotopic (exact) mass is 521 g/mol. The molecule has 0 radical (unpaired) electrons. The molecule has 2 aromatic heterocycles. The van der Waals surface area contributed by atoms with E-state index in [4.69, 9.17) is 14.9 Å². The van der Waals surface area contributed by atoms with Crippen molar-refractivity contribution in [1.82, 2.24) is 9.29 Å². The molecular formula is C27H27N3O6S. The third-order valence-electron chi connectivity index (χ3n) is 6.98. The molecule has 10 heteroatoms. The molecule has 0 atom stereocenters. The third-order valence-corrected chi connectivity index (χ3v) is 8.74. The number of aryl methyl sites for hydroxylation is 1. The van der Waals surface area contributed by atoms with Gasteiger partial charge in [0.15, 0.2) is 0 Å². The normalized spacial score (nSPS) is 15.2. The Kier molecular flexibility index (Phi) is 6.38. The van der Waals surface area contributed by atoms with Crippen LogP contribution < -0.4 is 5.73 Å². The van der Waals surface area contributed by atoms with E-state index in [2.05, 4.69) is 4.98 Å². The Bertz CT molecular complexity index is 1600. The second kappa shape index (κ2) is 9.53. The number of ether oxygens (including phenoxy) is 1. The Hall–Kier alpha value is -3.89. The Morgan fingerprint density at radius 1 is 1.05 bits per heavy atom. The number of aromatic nitrogens is 1. The van der Waals surface area contributed by atoms with Crippen molar-refractivity contribution in [3.05, 3.63) is 77.2 Å². The fraction of sp³-hybridized carbons (Fsp3) is 0.259. The highest BCUT2D eigenvalue weighted by molar-refractivity contribution is 7.89. The number of hydrogen-bond acceptors (Lipinski definition) is 6. The molecule has 1 fully saturated rings.